The van der Waals surface area contributed by atoms with E-state index in [9.17, 15) is 14.0 Å². The Hall–Kier alpha value is -2.70. The van der Waals surface area contributed by atoms with E-state index >= 15 is 0 Å². The summed E-state index contributed by atoms with van der Waals surface area (Å²) in [5.41, 5.74) is 1.58. The van der Waals surface area contributed by atoms with Gasteiger partial charge in [0.05, 0.1) is 11.5 Å². The summed E-state index contributed by atoms with van der Waals surface area (Å²) < 4.78 is 20.4. The number of nitrogens with one attached hydrogen (secondary N) is 1. The lowest BCUT2D eigenvalue weighted by atomic mass is 9.63. The van der Waals surface area contributed by atoms with Gasteiger partial charge in [-0.1, -0.05) is 52.3 Å². The van der Waals surface area contributed by atoms with Crippen LogP contribution in [0.2, 0.25) is 0 Å². The highest BCUT2D eigenvalue weighted by Gasteiger charge is 2.56. The van der Waals surface area contributed by atoms with Crippen LogP contribution in [0, 0.1) is 5.82 Å². The van der Waals surface area contributed by atoms with Crippen LogP contribution in [-0.4, -0.2) is 11.1 Å². The van der Waals surface area contributed by atoms with Gasteiger partial charge >= 0.3 is 0 Å². The normalized spacial score (nSPS) is 19.7. The Morgan fingerprint density at radius 2 is 1.69 bits per heavy atom. The van der Waals surface area contributed by atoms with Crippen LogP contribution in [0.5, 0.6) is 5.75 Å². The van der Waals surface area contributed by atoms with E-state index in [2.05, 4.69) is 21.2 Å². The van der Waals surface area contributed by atoms with Gasteiger partial charge in [-0.25, -0.2) is 4.39 Å². The molecule has 32 heavy (non-hydrogen) atoms. The first-order valence-corrected chi connectivity index (χ1v) is 11.3. The van der Waals surface area contributed by atoms with E-state index in [1.807, 2.05) is 48.5 Å². The Morgan fingerprint density at radius 1 is 1.03 bits per heavy atom. The number of ether oxygens (including phenoxy) is 1. The van der Waals surface area contributed by atoms with Crippen LogP contribution in [-0.2, 0) is 21.6 Å². The first-order valence-electron chi connectivity index (χ1n) is 10.1. The number of carbonyl (C=O) groups excluding carboxylic acids is 2. The topological polar surface area (TPSA) is 55.4 Å². The minimum absolute atomic E-state index is 0.0389. The second kappa shape index (κ2) is 9.43. The van der Waals surface area contributed by atoms with Crippen molar-refractivity contribution in [3.05, 3.63) is 99.8 Å². The van der Waals surface area contributed by atoms with Crippen LogP contribution < -0.4 is 10.1 Å². The average Bonchev–Trinajstić information content (AvgIpc) is 2.79. The molecule has 7 heteroatoms. The predicted molar refractivity (Wildman–Crippen MR) is 124 cm³/mol. The molecule has 2 atom stereocenters. The van der Waals surface area contributed by atoms with Gasteiger partial charge in [0.15, 0.2) is 0 Å². The number of hydrogen-bond acceptors (Lipinski definition) is 3. The third-order valence-corrected chi connectivity index (χ3v) is 6.50. The van der Waals surface area contributed by atoms with Crippen LogP contribution in [0.1, 0.15) is 35.6 Å². The number of β-lactam (4-membered cyclic amide) rings is 1. The Morgan fingerprint density at radius 3 is 2.28 bits per heavy atom. The molecule has 1 amide bonds. The van der Waals surface area contributed by atoms with Crippen molar-refractivity contribution in [1.29, 1.82) is 0 Å². The molecule has 0 unspecified atom stereocenters. The molecule has 4 nitrogen and oxygen atoms in total. The molecule has 0 radical (unpaired) electrons. The number of rotatable bonds is 8. The lowest BCUT2D eigenvalue weighted by molar-refractivity contribution is -0.139. The monoisotopic (exact) mass is 515 g/mol. The van der Waals surface area contributed by atoms with E-state index in [0.29, 0.717) is 17.9 Å². The quantitative estimate of drug-likeness (QED) is 0.303. The summed E-state index contributed by atoms with van der Waals surface area (Å²) >= 11 is 9.00. The molecule has 3 aromatic rings. The number of halogens is 3. The van der Waals surface area contributed by atoms with E-state index in [4.69, 9.17) is 16.3 Å². The summed E-state index contributed by atoms with van der Waals surface area (Å²) in [5.74, 6) is 0.106. The van der Waals surface area contributed by atoms with E-state index < -0.39 is 10.7 Å². The molecule has 0 saturated carbocycles. The van der Waals surface area contributed by atoms with Crippen LogP contribution >= 0.6 is 27.5 Å². The molecular formula is C25H20BrClFNO3. The minimum Gasteiger partial charge on any atom is -0.489 e. The van der Waals surface area contributed by atoms with Crippen molar-refractivity contribution in [3.8, 4) is 5.75 Å². The first-order chi connectivity index (χ1) is 15.4. The first kappa shape index (κ1) is 22.5. The van der Waals surface area contributed by atoms with E-state index in [1.54, 1.807) is 12.1 Å². The largest absolute Gasteiger partial charge is 0.489 e. The van der Waals surface area contributed by atoms with Gasteiger partial charge in [0, 0.05) is 10.9 Å². The van der Waals surface area contributed by atoms with Crippen LogP contribution in [0.15, 0.2) is 77.3 Å². The van der Waals surface area contributed by atoms with Crippen molar-refractivity contribution in [1.82, 2.24) is 5.32 Å². The fourth-order valence-electron chi connectivity index (χ4n) is 4.05. The van der Waals surface area contributed by atoms with Crippen molar-refractivity contribution in [2.24, 2.45) is 0 Å². The van der Waals surface area contributed by atoms with Gasteiger partial charge in [-0.15, -0.1) is 0 Å². The summed E-state index contributed by atoms with van der Waals surface area (Å²) in [4.78, 5) is 24.3. The molecule has 3 aromatic carbocycles. The Kier molecular flexibility index (Phi) is 6.63. The SMILES string of the molecule is O=C(Cl)CC[C@]1(c2ccc(F)cc2)C(=O)N[C@H]1c1ccc(OCc2ccc(Br)cc2)cc1. The lowest BCUT2D eigenvalue weighted by Gasteiger charge is -2.49. The molecule has 164 valence electrons. The van der Waals surface area contributed by atoms with Gasteiger partial charge in [0.1, 0.15) is 18.2 Å². The molecular weight excluding hydrogens is 497 g/mol. The molecule has 0 bridgehead atoms. The van der Waals surface area contributed by atoms with Gasteiger partial charge in [-0.3, -0.25) is 9.59 Å². The van der Waals surface area contributed by atoms with Crippen molar-refractivity contribution in [2.45, 2.75) is 30.9 Å². The highest BCUT2D eigenvalue weighted by molar-refractivity contribution is 9.10. The third-order valence-electron chi connectivity index (χ3n) is 5.78. The van der Waals surface area contributed by atoms with Crippen molar-refractivity contribution < 1.29 is 18.7 Å². The number of hydrogen-bond donors (Lipinski definition) is 1. The molecule has 0 aromatic heterocycles. The van der Waals surface area contributed by atoms with Crippen LogP contribution in [0.3, 0.4) is 0 Å². The second-order valence-electron chi connectivity index (χ2n) is 7.72. The highest BCUT2D eigenvalue weighted by atomic mass is 79.9. The number of carbonyl (C=O) groups is 2. The van der Waals surface area contributed by atoms with Gasteiger partial charge < -0.3 is 10.1 Å². The van der Waals surface area contributed by atoms with Gasteiger partial charge in [-0.2, -0.15) is 0 Å². The lowest BCUT2D eigenvalue weighted by Crippen LogP contribution is -2.64. The molecule has 1 fully saturated rings. The number of benzene rings is 3. The third kappa shape index (κ3) is 4.57. The Balaban J connectivity index is 1.55. The molecule has 4 rings (SSSR count). The standard InChI is InChI=1S/C25H20BrClFNO3/c26-19-7-1-16(2-8-19)15-32-21-11-3-17(4-12-21)23-25(24(31)29-23,14-13-22(27)30)18-5-9-20(28)10-6-18/h1-12,23H,13-15H2,(H,29,31)/t23-,25+/m0/s1. The summed E-state index contributed by atoms with van der Waals surface area (Å²) in [6, 6.07) is 20.8. The predicted octanol–water partition coefficient (Wildman–Crippen LogP) is 5.82. The fourth-order valence-corrected chi connectivity index (χ4v) is 4.41. The Labute approximate surface area is 198 Å². The maximum atomic E-state index is 13.5. The number of amides is 1. The van der Waals surface area contributed by atoms with E-state index in [-0.39, 0.29) is 30.6 Å². The summed E-state index contributed by atoms with van der Waals surface area (Å²) in [6.45, 7) is 0.435. The molecule has 1 aliphatic rings. The molecule has 1 heterocycles. The zero-order valence-electron chi connectivity index (χ0n) is 17.0. The van der Waals surface area contributed by atoms with Crippen molar-refractivity contribution >= 4 is 38.7 Å². The molecule has 0 spiro atoms. The van der Waals surface area contributed by atoms with Gasteiger partial charge in [0.25, 0.3) is 0 Å². The van der Waals surface area contributed by atoms with Crippen molar-refractivity contribution in [3.63, 3.8) is 0 Å². The average molecular weight is 517 g/mol. The summed E-state index contributed by atoms with van der Waals surface area (Å²) in [6.07, 6.45) is 0.274. The molecule has 1 saturated heterocycles. The second-order valence-corrected chi connectivity index (χ2v) is 9.06. The van der Waals surface area contributed by atoms with Crippen LogP contribution in [0.25, 0.3) is 0 Å². The van der Waals surface area contributed by atoms with Gasteiger partial charge in [-0.05, 0) is 71.1 Å². The summed E-state index contributed by atoms with van der Waals surface area (Å²) in [5, 5.41) is 2.42. The zero-order chi connectivity index (χ0) is 22.7. The molecule has 0 aliphatic carbocycles. The van der Waals surface area contributed by atoms with Gasteiger partial charge in [0.2, 0.25) is 11.1 Å². The van der Waals surface area contributed by atoms with E-state index in [1.165, 1.54) is 12.1 Å². The van der Waals surface area contributed by atoms with Crippen molar-refractivity contribution in [2.75, 3.05) is 0 Å². The molecule has 1 aliphatic heterocycles. The Bertz CT molecular complexity index is 1120. The van der Waals surface area contributed by atoms with E-state index in [0.717, 1.165) is 15.6 Å². The highest BCUT2D eigenvalue weighted by Crippen LogP contribution is 2.48. The molecule has 1 N–H and O–H groups in total. The maximum absolute atomic E-state index is 13.5. The zero-order valence-corrected chi connectivity index (χ0v) is 19.3. The fraction of sp³-hybridized carbons (Fsp3) is 0.200. The minimum atomic E-state index is -0.988. The summed E-state index contributed by atoms with van der Waals surface area (Å²) in [7, 11) is 0. The van der Waals surface area contributed by atoms with Crippen LogP contribution in [0.4, 0.5) is 4.39 Å². The maximum Gasteiger partial charge on any atom is 0.233 e. The smallest absolute Gasteiger partial charge is 0.233 e.